The molecule has 1 rings (SSSR count). The Bertz CT molecular complexity index is 2100. The minimum atomic E-state index is -1.32. The van der Waals surface area contributed by atoms with Gasteiger partial charge in [-0.05, 0) is 100 Å². The maximum absolute atomic E-state index is 14.5. The lowest BCUT2D eigenvalue weighted by Crippen LogP contribution is -2.62. The highest BCUT2D eigenvalue weighted by atomic mass is 16.2. The second-order valence-corrected chi connectivity index (χ2v) is 21.9. The fraction of sp³-hybridized carbons (Fsp3) is 0.714. The van der Waals surface area contributed by atoms with Crippen LogP contribution >= 0.6 is 0 Å². The molecular formula is C56H100N14O10. The van der Waals surface area contributed by atoms with Crippen molar-refractivity contribution in [3.63, 3.8) is 0 Å². The minimum absolute atomic E-state index is 0.0494. The molecule has 0 aliphatic rings. The summed E-state index contributed by atoms with van der Waals surface area (Å²) in [5.74, 6) is -8.04. The Morgan fingerprint density at radius 1 is 0.425 bits per heavy atom. The highest BCUT2D eigenvalue weighted by Crippen LogP contribution is 2.14. The maximum Gasteiger partial charge on any atom is 0.243 e. The number of unbranched alkanes of at least 4 members (excludes halogenated alkanes) is 4. The zero-order valence-corrected chi connectivity index (χ0v) is 49.1. The van der Waals surface area contributed by atoms with Gasteiger partial charge in [0, 0.05) is 12.8 Å². The molecule has 0 saturated carbocycles. The van der Waals surface area contributed by atoms with E-state index in [9.17, 15) is 47.9 Å². The van der Waals surface area contributed by atoms with Crippen LogP contribution < -0.4 is 76.5 Å². The van der Waals surface area contributed by atoms with Crippen molar-refractivity contribution in [2.75, 3.05) is 26.2 Å². The monoisotopic (exact) mass is 1130 g/mol. The SMILES string of the molecule is CCCCCCCC(=O)N[C@@H](CCN)C(=O)N[C@H](C(=O)N[C@@H](CCN)C(=O)N[C@H](Cc1ccccc1)C(=O)N[C@@H](CC(C)C)C(=O)N[C@@H](CCN)C(=O)N[C@@H](C(=O)N[C@@H](CC(C)C)C(=O)N[C@@H](CCN)C(N)=O)C(C)C)[C@@H](C)CC. The van der Waals surface area contributed by atoms with E-state index in [1.807, 2.05) is 34.6 Å². The van der Waals surface area contributed by atoms with Gasteiger partial charge in [0.25, 0.3) is 0 Å². The number of carbonyl (C=O) groups is 10. The standard InChI is InChI=1S/C56H100N14O10/c1-10-12-13-14-18-21-45(71)62-39(23-27-58)50(74)70-47(36(9)11-2)56(80)65-40(24-28-59)49(73)67-44(32-37-19-16-15-17-20-37)54(78)66-42(30-33(3)4)53(77)64-41(25-29-60)51(75)69-46(35(7)8)55(79)68-43(31-34(5)6)52(76)63-38(22-26-57)48(61)72/h15-17,19-20,33-36,38-44,46-47H,10-14,18,21-32,57-60H2,1-9H3,(H2,61,72)(H,62,71)(H,63,76)(H,64,77)(H,65,80)(H,66,78)(H,67,73)(H,68,79)(H,69,75)(H,70,74)/t36-,38-,39-,40-,41-,42-,43-,44+,46+,47-/m0/s1. The van der Waals surface area contributed by atoms with Crippen LogP contribution in [0.4, 0.5) is 0 Å². The van der Waals surface area contributed by atoms with E-state index in [0.29, 0.717) is 18.4 Å². The lowest BCUT2D eigenvalue weighted by Gasteiger charge is -2.30. The fourth-order valence-electron chi connectivity index (χ4n) is 8.74. The summed E-state index contributed by atoms with van der Waals surface area (Å²) in [5.41, 5.74) is 29.5. The molecule has 0 spiro atoms. The molecule has 0 radical (unpaired) electrons. The third-order valence-corrected chi connectivity index (χ3v) is 13.5. The Morgan fingerprint density at radius 2 is 0.800 bits per heavy atom. The quantitative estimate of drug-likeness (QED) is 0.0372. The van der Waals surface area contributed by atoms with Gasteiger partial charge in [0.05, 0.1) is 0 Å². The zero-order valence-electron chi connectivity index (χ0n) is 49.1. The molecule has 24 nitrogen and oxygen atoms in total. The molecule has 0 saturated heterocycles. The maximum atomic E-state index is 14.5. The summed E-state index contributed by atoms with van der Waals surface area (Å²) in [5, 5.41) is 24.5. The van der Waals surface area contributed by atoms with Crippen LogP contribution in [0.15, 0.2) is 30.3 Å². The molecule has 454 valence electrons. The molecule has 0 fully saturated rings. The third-order valence-electron chi connectivity index (χ3n) is 13.5. The molecule has 0 aliphatic heterocycles. The van der Waals surface area contributed by atoms with Gasteiger partial charge in [-0.1, -0.05) is 125 Å². The highest BCUT2D eigenvalue weighted by Gasteiger charge is 2.37. The van der Waals surface area contributed by atoms with Gasteiger partial charge in [-0.3, -0.25) is 47.9 Å². The molecule has 80 heavy (non-hydrogen) atoms. The average molecular weight is 1130 g/mol. The van der Waals surface area contributed by atoms with Gasteiger partial charge in [0.15, 0.2) is 0 Å². The second-order valence-electron chi connectivity index (χ2n) is 21.9. The lowest BCUT2D eigenvalue weighted by molar-refractivity contribution is -0.136. The highest BCUT2D eigenvalue weighted by molar-refractivity contribution is 5.98. The summed E-state index contributed by atoms with van der Waals surface area (Å²) in [6, 6.07) is -1.91. The number of rotatable bonds is 41. The van der Waals surface area contributed by atoms with Gasteiger partial charge in [-0.15, -0.1) is 0 Å². The van der Waals surface area contributed by atoms with Crippen LogP contribution in [0.1, 0.15) is 151 Å². The number of amides is 10. The number of nitrogens with two attached hydrogens (primary N) is 5. The van der Waals surface area contributed by atoms with Gasteiger partial charge in [0.1, 0.15) is 54.4 Å². The van der Waals surface area contributed by atoms with Gasteiger partial charge < -0.3 is 76.5 Å². The average Bonchev–Trinajstić information content (AvgIpc) is 3.40. The summed E-state index contributed by atoms with van der Waals surface area (Å²) in [6.45, 7) is 16.4. The Kier molecular flexibility index (Phi) is 35.2. The number of carbonyl (C=O) groups excluding carboxylic acids is 10. The number of primary amides is 1. The molecule has 19 N–H and O–H groups in total. The summed E-state index contributed by atoms with van der Waals surface area (Å²) in [7, 11) is 0. The second kappa shape index (κ2) is 39.2. The van der Waals surface area contributed by atoms with Crippen LogP contribution in [0.3, 0.4) is 0 Å². The van der Waals surface area contributed by atoms with Crippen molar-refractivity contribution < 1.29 is 47.9 Å². The van der Waals surface area contributed by atoms with E-state index in [-0.39, 0.29) is 95.3 Å². The number of hydrogen-bond acceptors (Lipinski definition) is 14. The van der Waals surface area contributed by atoms with E-state index in [2.05, 4.69) is 54.8 Å². The first kappa shape index (κ1) is 71.8. The molecule has 0 aliphatic carbocycles. The van der Waals surface area contributed by atoms with Crippen molar-refractivity contribution in [2.45, 2.75) is 207 Å². The van der Waals surface area contributed by atoms with Crippen LogP contribution in [0.25, 0.3) is 0 Å². The van der Waals surface area contributed by atoms with E-state index in [4.69, 9.17) is 28.7 Å². The van der Waals surface area contributed by atoms with Crippen LogP contribution in [0.2, 0.25) is 0 Å². The topological polar surface area (TPSA) is 409 Å². The molecule has 0 aromatic heterocycles. The van der Waals surface area contributed by atoms with E-state index in [0.717, 1.165) is 25.7 Å². The molecule has 24 heteroatoms. The molecule has 1 aromatic rings. The zero-order chi connectivity index (χ0) is 60.5. The van der Waals surface area contributed by atoms with E-state index in [1.54, 1.807) is 51.1 Å². The van der Waals surface area contributed by atoms with Crippen molar-refractivity contribution in [1.29, 1.82) is 0 Å². The lowest BCUT2D eigenvalue weighted by atomic mass is 9.97. The predicted molar refractivity (Wildman–Crippen MR) is 308 cm³/mol. The van der Waals surface area contributed by atoms with Crippen molar-refractivity contribution in [3.05, 3.63) is 35.9 Å². The first-order chi connectivity index (χ1) is 37.9. The predicted octanol–water partition coefficient (Wildman–Crippen LogP) is -0.372. The molecule has 10 amide bonds. The van der Waals surface area contributed by atoms with Gasteiger partial charge in [0.2, 0.25) is 59.1 Å². The first-order valence-electron chi connectivity index (χ1n) is 28.7. The van der Waals surface area contributed by atoms with E-state index < -0.39 is 119 Å². The minimum Gasteiger partial charge on any atom is -0.368 e. The smallest absolute Gasteiger partial charge is 0.243 e. The summed E-state index contributed by atoms with van der Waals surface area (Å²) < 4.78 is 0. The molecular weight excluding hydrogens is 1030 g/mol. The fourth-order valence-corrected chi connectivity index (χ4v) is 8.74. The number of nitrogens with one attached hydrogen (secondary N) is 9. The molecule has 10 atom stereocenters. The third kappa shape index (κ3) is 27.3. The number of hydrogen-bond donors (Lipinski definition) is 14. The van der Waals surface area contributed by atoms with Crippen molar-refractivity contribution in [3.8, 4) is 0 Å². The van der Waals surface area contributed by atoms with Crippen LogP contribution in [-0.4, -0.2) is 140 Å². The van der Waals surface area contributed by atoms with Crippen LogP contribution in [0, 0.1) is 23.7 Å². The van der Waals surface area contributed by atoms with Crippen molar-refractivity contribution in [2.24, 2.45) is 52.3 Å². The first-order valence-corrected chi connectivity index (χ1v) is 28.7. The largest absolute Gasteiger partial charge is 0.368 e. The van der Waals surface area contributed by atoms with E-state index in [1.165, 1.54) is 0 Å². The Morgan fingerprint density at radius 3 is 1.26 bits per heavy atom. The van der Waals surface area contributed by atoms with Crippen molar-refractivity contribution >= 4 is 59.1 Å². The Labute approximate surface area is 474 Å². The van der Waals surface area contributed by atoms with Gasteiger partial charge >= 0.3 is 0 Å². The Hall–Kier alpha value is -6.24. The van der Waals surface area contributed by atoms with Gasteiger partial charge in [-0.2, -0.15) is 0 Å². The Balaban J connectivity index is 3.46. The summed E-state index contributed by atoms with van der Waals surface area (Å²) >= 11 is 0. The van der Waals surface area contributed by atoms with Crippen LogP contribution in [-0.2, 0) is 54.4 Å². The van der Waals surface area contributed by atoms with Crippen molar-refractivity contribution in [1.82, 2.24) is 47.9 Å². The summed E-state index contributed by atoms with van der Waals surface area (Å²) in [4.78, 5) is 137. The van der Waals surface area contributed by atoms with Gasteiger partial charge in [-0.25, -0.2) is 0 Å². The molecule has 0 unspecified atom stereocenters. The summed E-state index contributed by atoms with van der Waals surface area (Å²) in [6.07, 6.45) is 5.64. The van der Waals surface area contributed by atoms with E-state index >= 15 is 0 Å². The molecule has 0 bridgehead atoms. The number of benzene rings is 1. The normalized spacial score (nSPS) is 15.1. The molecule has 0 heterocycles. The molecule has 1 aromatic carbocycles. The van der Waals surface area contributed by atoms with Crippen LogP contribution in [0.5, 0.6) is 0 Å².